The molecule has 1 unspecified atom stereocenters. The van der Waals surface area contributed by atoms with Gasteiger partial charge in [-0.1, -0.05) is 12.1 Å². The van der Waals surface area contributed by atoms with E-state index in [1.165, 1.54) is 0 Å². The summed E-state index contributed by atoms with van der Waals surface area (Å²) >= 11 is 1.58. The van der Waals surface area contributed by atoms with Crippen molar-refractivity contribution in [3.8, 4) is 17.2 Å². The fourth-order valence-corrected chi connectivity index (χ4v) is 4.03. The minimum absolute atomic E-state index is 0.190. The predicted octanol–water partition coefficient (Wildman–Crippen LogP) is 5.50. The summed E-state index contributed by atoms with van der Waals surface area (Å²) in [5, 5.41) is 6.00. The van der Waals surface area contributed by atoms with E-state index in [-0.39, 0.29) is 11.9 Å². The van der Waals surface area contributed by atoms with Gasteiger partial charge in [-0.3, -0.25) is 9.78 Å². The largest absolute Gasteiger partial charge is 0.493 e. The molecule has 8 heteroatoms. The van der Waals surface area contributed by atoms with Crippen LogP contribution in [-0.4, -0.2) is 23.0 Å². The Morgan fingerprint density at radius 2 is 1.86 bits per heavy atom. The van der Waals surface area contributed by atoms with E-state index in [4.69, 9.17) is 14.2 Å². The fraction of sp³-hybridized carbons (Fsp3) is 0.222. The molecule has 2 aromatic carbocycles. The number of carbonyl (C=O) groups excluding carboxylic acids is 1. The van der Waals surface area contributed by atoms with Crippen LogP contribution in [-0.2, 0) is 13.2 Å². The first kappa shape index (κ1) is 24.2. The number of pyridine rings is 1. The van der Waals surface area contributed by atoms with Crippen molar-refractivity contribution in [3.05, 3.63) is 99.8 Å². The summed E-state index contributed by atoms with van der Waals surface area (Å²) in [6.45, 7) is 4.65. The number of amides is 1. The van der Waals surface area contributed by atoms with Crippen LogP contribution in [0.1, 0.15) is 45.2 Å². The number of benzene rings is 2. The highest BCUT2D eigenvalue weighted by Gasteiger charge is 2.15. The van der Waals surface area contributed by atoms with Gasteiger partial charge in [0.1, 0.15) is 19.0 Å². The summed E-state index contributed by atoms with van der Waals surface area (Å²) in [4.78, 5) is 21.3. The maximum absolute atomic E-state index is 12.9. The summed E-state index contributed by atoms with van der Waals surface area (Å²) in [6.07, 6.45) is 3.46. The Bertz CT molecular complexity index is 1280. The molecule has 0 bridgehead atoms. The Labute approximate surface area is 208 Å². The first-order chi connectivity index (χ1) is 17.0. The summed E-state index contributed by atoms with van der Waals surface area (Å²) in [5.74, 6) is 1.66. The second-order valence-corrected chi connectivity index (χ2v) is 8.99. The van der Waals surface area contributed by atoms with E-state index in [0.29, 0.717) is 36.0 Å². The number of hydrogen-bond donors (Lipinski definition) is 1. The van der Waals surface area contributed by atoms with Gasteiger partial charge in [0.05, 0.1) is 23.9 Å². The Balaban J connectivity index is 1.37. The fourth-order valence-electron chi connectivity index (χ4n) is 3.44. The molecule has 0 spiro atoms. The number of nitrogens with zero attached hydrogens (tertiary/aromatic N) is 2. The molecule has 4 rings (SSSR count). The van der Waals surface area contributed by atoms with Crippen molar-refractivity contribution < 1.29 is 19.0 Å². The van der Waals surface area contributed by atoms with Crippen LogP contribution in [0.2, 0.25) is 0 Å². The van der Waals surface area contributed by atoms with E-state index in [1.54, 1.807) is 49.0 Å². The minimum Gasteiger partial charge on any atom is -0.493 e. The number of nitrogens with one attached hydrogen (secondary N) is 1. The number of methoxy groups -OCH3 is 1. The van der Waals surface area contributed by atoms with Gasteiger partial charge in [-0.15, -0.1) is 11.3 Å². The molecule has 0 saturated carbocycles. The zero-order valence-corrected chi connectivity index (χ0v) is 20.7. The summed E-state index contributed by atoms with van der Waals surface area (Å²) < 4.78 is 17.2. The second-order valence-electron chi connectivity index (χ2n) is 7.92. The van der Waals surface area contributed by atoms with E-state index < -0.39 is 0 Å². The Morgan fingerprint density at radius 3 is 2.60 bits per heavy atom. The molecule has 0 aliphatic carbocycles. The quantitative estimate of drug-likeness (QED) is 0.317. The van der Waals surface area contributed by atoms with Crippen molar-refractivity contribution in [2.24, 2.45) is 0 Å². The van der Waals surface area contributed by atoms with Gasteiger partial charge in [0.15, 0.2) is 11.5 Å². The summed E-state index contributed by atoms with van der Waals surface area (Å²) in [7, 11) is 1.60. The van der Waals surface area contributed by atoms with E-state index in [9.17, 15) is 4.79 Å². The molecule has 0 aliphatic rings. The lowest BCUT2D eigenvalue weighted by Crippen LogP contribution is -2.26. The van der Waals surface area contributed by atoms with Gasteiger partial charge in [-0.2, -0.15) is 0 Å². The molecule has 0 radical (unpaired) electrons. The second kappa shape index (κ2) is 11.5. The van der Waals surface area contributed by atoms with Gasteiger partial charge in [-0.05, 0) is 67.4 Å². The zero-order valence-electron chi connectivity index (χ0n) is 19.9. The predicted molar refractivity (Wildman–Crippen MR) is 135 cm³/mol. The highest BCUT2D eigenvalue weighted by molar-refractivity contribution is 7.09. The third-order valence-electron chi connectivity index (χ3n) is 5.33. The molecular weight excluding hydrogens is 462 g/mol. The molecule has 180 valence electrons. The molecule has 1 N–H and O–H groups in total. The Morgan fingerprint density at radius 1 is 1.03 bits per heavy atom. The maximum atomic E-state index is 12.9. The molecule has 4 aromatic rings. The van der Waals surface area contributed by atoms with E-state index in [1.807, 2.05) is 55.6 Å². The highest BCUT2D eigenvalue weighted by Crippen LogP contribution is 2.31. The molecule has 2 aromatic heterocycles. The lowest BCUT2D eigenvalue weighted by Gasteiger charge is -2.17. The molecule has 0 saturated heterocycles. The van der Waals surface area contributed by atoms with Crippen LogP contribution in [0.3, 0.4) is 0 Å². The van der Waals surface area contributed by atoms with Crippen LogP contribution in [0, 0.1) is 6.92 Å². The normalized spacial score (nSPS) is 11.5. The molecule has 1 atom stereocenters. The van der Waals surface area contributed by atoms with Gasteiger partial charge in [-0.25, -0.2) is 4.98 Å². The average molecular weight is 490 g/mol. The Hall–Kier alpha value is -3.91. The highest BCUT2D eigenvalue weighted by atomic mass is 32.1. The van der Waals surface area contributed by atoms with Crippen LogP contribution >= 0.6 is 11.3 Å². The number of hydrogen-bond acceptors (Lipinski definition) is 7. The van der Waals surface area contributed by atoms with Gasteiger partial charge >= 0.3 is 0 Å². The number of aromatic nitrogens is 2. The van der Waals surface area contributed by atoms with Crippen LogP contribution < -0.4 is 19.5 Å². The van der Waals surface area contributed by atoms with E-state index in [0.717, 1.165) is 21.8 Å². The van der Waals surface area contributed by atoms with Gasteiger partial charge in [0.25, 0.3) is 5.91 Å². The monoisotopic (exact) mass is 489 g/mol. The lowest BCUT2D eigenvalue weighted by molar-refractivity contribution is 0.0939. The smallest absolute Gasteiger partial charge is 0.251 e. The molecule has 2 heterocycles. The molecular formula is C27H27N3O4S. The van der Waals surface area contributed by atoms with Crippen molar-refractivity contribution in [2.45, 2.75) is 33.1 Å². The first-order valence-electron chi connectivity index (χ1n) is 11.2. The minimum atomic E-state index is -0.242. The first-order valence-corrected chi connectivity index (χ1v) is 12.0. The number of carbonyl (C=O) groups is 1. The average Bonchev–Trinajstić information content (AvgIpc) is 3.31. The van der Waals surface area contributed by atoms with Gasteiger partial charge in [0, 0.05) is 23.3 Å². The van der Waals surface area contributed by atoms with Crippen molar-refractivity contribution >= 4 is 17.2 Å². The van der Waals surface area contributed by atoms with Gasteiger partial charge in [0.2, 0.25) is 0 Å². The van der Waals surface area contributed by atoms with Crippen LogP contribution in [0.5, 0.6) is 17.2 Å². The van der Waals surface area contributed by atoms with Crippen molar-refractivity contribution in [2.75, 3.05) is 7.11 Å². The maximum Gasteiger partial charge on any atom is 0.251 e. The van der Waals surface area contributed by atoms with Crippen LogP contribution in [0.15, 0.2) is 72.4 Å². The topological polar surface area (TPSA) is 82.6 Å². The van der Waals surface area contributed by atoms with Gasteiger partial charge < -0.3 is 19.5 Å². The molecule has 7 nitrogen and oxygen atoms in total. The van der Waals surface area contributed by atoms with E-state index in [2.05, 4.69) is 15.3 Å². The third kappa shape index (κ3) is 6.58. The molecule has 0 aliphatic heterocycles. The summed E-state index contributed by atoms with van der Waals surface area (Å²) in [6, 6.07) is 16.3. The lowest BCUT2D eigenvalue weighted by atomic mass is 10.1. The number of rotatable bonds is 10. The van der Waals surface area contributed by atoms with Crippen molar-refractivity contribution in [3.63, 3.8) is 0 Å². The van der Waals surface area contributed by atoms with Crippen molar-refractivity contribution in [1.82, 2.24) is 15.3 Å². The van der Waals surface area contributed by atoms with E-state index >= 15 is 0 Å². The van der Waals surface area contributed by atoms with Crippen molar-refractivity contribution in [1.29, 1.82) is 0 Å². The SMILES string of the molecule is COc1cc(C(C)NC(=O)c2cccc(OCc3csc(C)n3)c2)ccc1OCc1ccncc1. The van der Waals surface area contributed by atoms with Crippen LogP contribution in [0.25, 0.3) is 0 Å². The molecule has 0 fully saturated rings. The van der Waals surface area contributed by atoms with Crippen LogP contribution in [0.4, 0.5) is 0 Å². The standard InChI is InChI=1S/C27H27N3O4S/c1-18(21-7-8-25(26(14-21)32-3)34-15-20-9-11-28-12-10-20)29-27(31)22-5-4-6-24(13-22)33-16-23-17-35-19(2)30-23/h4-14,17-18H,15-16H2,1-3H3,(H,29,31). The number of thiazole rings is 1. The third-order valence-corrected chi connectivity index (χ3v) is 6.15. The number of aryl methyl sites for hydroxylation is 1. The Kier molecular flexibility index (Phi) is 7.95. The number of ether oxygens (including phenoxy) is 3. The molecule has 1 amide bonds. The molecule has 35 heavy (non-hydrogen) atoms. The summed E-state index contributed by atoms with van der Waals surface area (Å²) in [5.41, 5.74) is 3.31. The zero-order chi connectivity index (χ0) is 24.6.